The fraction of sp³-hybridized carbons (Fsp3) is 1.00. The largest absolute Gasteiger partial charge is 0.317 e. The van der Waals surface area contributed by atoms with Gasteiger partial charge in [-0.3, -0.25) is 0 Å². The second kappa shape index (κ2) is 16.9. The van der Waals surface area contributed by atoms with Gasteiger partial charge in [0.15, 0.2) is 0 Å². The second-order valence-corrected chi connectivity index (χ2v) is 5.33. The average Bonchev–Trinajstić information content (AvgIpc) is 2.39. The van der Waals surface area contributed by atoms with Crippen molar-refractivity contribution in [2.45, 2.75) is 78.1 Å². The Morgan fingerprint density at radius 1 is 0.444 bits per heavy atom. The molecule has 0 radical (unpaired) electrons. The number of hydrogen-bond acceptors (Lipinski definition) is 2. The topological polar surface area (TPSA) is 24.1 Å². The monoisotopic (exact) mass is 256 g/mol. The molecule has 2 N–H and O–H groups in total. The van der Waals surface area contributed by atoms with E-state index in [1.54, 1.807) is 0 Å². The zero-order valence-electron chi connectivity index (χ0n) is 12.9. The van der Waals surface area contributed by atoms with Gasteiger partial charge in [0, 0.05) is 0 Å². The van der Waals surface area contributed by atoms with Crippen LogP contribution >= 0.6 is 0 Å². The van der Waals surface area contributed by atoms with Crippen molar-refractivity contribution < 1.29 is 0 Å². The van der Waals surface area contributed by atoms with Crippen molar-refractivity contribution in [2.75, 3.05) is 26.2 Å². The Labute approximate surface area is 115 Å². The maximum absolute atomic E-state index is 3.46. The summed E-state index contributed by atoms with van der Waals surface area (Å²) in [7, 11) is 0. The summed E-state index contributed by atoms with van der Waals surface area (Å²) in [4.78, 5) is 0. The summed E-state index contributed by atoms with van der Waals surface area (Å²) >= 11 is 0. The molecule has 0 amide bonds. The van der Waals surface area contributed by atoms with E-state index in [-0.39, 0.29) is 0 Å². The maximum Gasteiger partial charge on any atom is -0.00489 e. The quantitative estimate of drug-likeness (QED) is 0.431. The summed E-state index contributed by atoms with van der Waals surface area (Å²) in [6.45, 7) is 9.27. The molecule has 0 bridgehead atoms. The Balaban J connectivity index is 2.86. The van der Waals surface area contributed by atoms with Crippen molar-refractivity contribution >= 4 is 0 Å². The maximum atomic E-state index is 3.46. The lowest BCUT2D eigenvalue weighted by molar-refractivity contribution is 0.539. The molecule has 2 nitrogen and oxygen atoms in total. The number of nitrogens with one attached hydrogen (secondary N) is 2. The van der Waals surface area contributed by atoms with Gasteiger partial charge >= 0.3 is 0 Å². The highest BCUT2D eigenvalue weighted by molar-refractivity contribution is 4.51. The summed E-state index contributed by atoms with van der Waals surface area (Å²) in [6.07, 6.45) is 13.8. The highest BCUT2D eigenvalue weighted by atomic mass is 14.8. The molecule has 0 unspecified atom stereocenters. The van der Waals surface area contributed by atoms with Crippen molar-refractivity contribution in [1.82, 2.24) is 10.6 Å². The van der Waals surface area contributed by atoms with E-state index < -0.39 is 0 Å². The molecular formula is C16H36N2. The van der Waals surface area contributed by atoms with E-state index in [2.05, 4.69) is 24.5 Å². The molecule has 0 atom stereocenters. The lowest BCUT2D eigenvalue weighted by atomic mass is 10.1. The standard InChI is InChI=1S/C16H36N2/c1-3-13-17-15-11-9-7-5-6-8-10-12-16-18-14-4-2/h17-18H,3-16H2,1-2H3. The van der Waals surface area contributed by atoms with Crippen molar-refractivity contribution in [3.8, 4) is 0 Å². The second-order valence-electron chi connectivity index (χ2n) is 5.33. The zero-order chi connectivity index (χ0) is 13.3. The van der Waals surface area contributed by atoms with Crippen molar-refractivity contribution in [1.29, 1.82) is 0 Å². The molecular weight excluding hydrogens is 220 g/mol. The van der Waals surface area contributed by atoms with Crippen molar-refractivity contribution in [3.63, 3.8) is 0 Å². The molecule has 0 aliphatic carbocycles. The van der Waals surface area contributed by atoms with Gasteiger partial charge in [-0.15, -0.1) is 0 Å². The molecule has 0 aromatic carbocycles. The molecule has 0 aliphatic rings. The van der Waals surface area contributed by atoms with Crippen LogP contribution in [0, 0.1) is 0 Å². The minimum atomic E-state index is 1.19. The van der Waals surface area contributed by atoms with E-state index in [4.69, 9.17) is 0 Å². The molecule has 0 fully saturated rings. The van der Waals surface area contributed by atoms with Gasteiger partial charge < -0.3 is 10.6 Å². The molecule has 0 spiro atoms. The summed E-state index contributed by atoms with van der Waals surface area (Å²) < 4.78 is 0. The van der Waals surface area contributed by atoms with E-state index in [9.17, 15) is 0 Å². The Hall–Kier alpha value is -0.0800. The van der Waals surface area contributed by atoms with Gasteiger partial charge in [0.25, 0.3) is 0 Å². The summed E-state index contributed by atoms with van der Waals surface area (Å²) in [5.74, 6) is 0. The van der Waals surface area contributed by atoms with E-state index in [0.29, 0.717) is 0 Å². The Morgan fingerprint density at radius 3 is 1.11 bits per heavy atom. The van der Waals surface area contributed by atoms with Gasteiger partial charge in [0.1, 0.15) is 0 Å². The fourth-order valence-corrected chi connectivity index (χ4v) is 2.16. The lowest BCUT2D eigenvalue weighted by Gasteiger charge is -2.04. The molecule has 18 heavy (non-hydrogen) atoms. The van der Waals surface area contributed by atoms with Crippen LogP contribution in [0.2, 0.25) is 0 Å². The third-order valence-corrected chi connectivity index (χ3v) is 3.31. The molecule has 110 valence electrons. The Morgan fingerprint density at radius 2 is 0.778 bits per heavy atom. The normalized spacial score (nSPS) is 11.0. The smallest absolute Gasteiger partial charge is 0.00489 e. The number of unbranched alkanes of at least 4 members (excludes halogenated alkanes) is 7. The third kappa shape index (κ3) is 15.9. The first-order chi connectivity index (χ1) is 8.91. The summed E-state index contributed by atoms with van der Waals surface area (Å²) in [5, 5.41) is 6.93. The summed E-state index contributed by atoms with van der Waals surface area (Å²) in [6, 6.07) is 0. The first-order valence-corrected chi connectivity index (χ1v) is 8.33. The van der Waals surface area contributed by atoms with Crippen LogP contribution in [0.5, 0.6) is 0 Å². The highest BCUT2D eigenvalue weighted by Gasteiger charge is 1.92. The van der Waals surface area contributed by atoms with Crippen LogP contribution in [0.1, 0.15) is 78.1 Å². The van der Waals surface area contributed by atoms with Gasteiger partial charge in [0.05, 0.1) is 0 Å². The predicted octanol–water partition coefficient (Wildman–Crippen LogP) is 4.11. The molecule has 0 rings (SSSR count). The van der Waals surface area contributed by atoms with Gasteiger partial charge in [-0.1, -0.05) is 52.4 Å². The van der Waals surface area contributed by atoms with Crippen LogP contribution in [0.4, 0.5) is 0 Å². The minimum absolute atomic E-state index is 1.19. The number of rotatable bonds is 15. The van der Waals surface area contributed by atoms with Gasteiger partial charge in [-0.05, 0) is 51.9 Å². The highest BCUT2D eigenvalue weighted by Crippen LogP contribution is 2.07. The zero-order valence-corrected chi connectivity index (χ0v) is 12.9. The minimum Gasteiger partial charge on any atom is -0.317 e. The molecule has 0 aromatic heterocycles. The molecule has 2 heteroatoms. The van der Waals surface area contributed by atoms with E-state index >= 15 is 0 Å². The predicted molar refractivity (Wildman–Crippen MR) is 83.3 cm³/mol. The van der Waals surface area contributed by atoms with Crippen LogP contribution in [0.25, 0.3) is 0 Å². The molecule has 0 aromatic rings. The van der Waals surface area contributed by atoms with Crippen molar-refractivity contribution in [2.24, 2.45) is 0 Å². The van der Waals surface area contributed by atoms with Crippen LogP contribution < -0.4 is 10.6 Å². The van der Waals surface area contributed by atoms with E-state index in [1.807, 2.05) is 0 Å². The number of hydrogen-bond donors (Lipinski definition) is 2. The fourth-order valence-electron chi connectivity index (χ4n) is 2.16. The van der Waals surface area contributed by atoms with Crippen LogP contribution in [0.3, 0.4) is 0 Å². The van der Waals surface area contributed by atoms with E-state index in [0.717, 1.165) is 0 Å². The van der Waals surface area contributed by atoms with Crippen LogP contribution in [-0.4, -0.2) is 26.2 Å². The SMILES string of the molecule is CCCNCCCCCCCCCCNCCC. The van der Waals surface area contributed by atoms with Gasteiger partial charge in [-0.2, -0.15) is 0 Å². The lowest BCUT2D eigenvalue weighted by Crippen LogP contribution is -2.15. The first-order valence-electron chi connectivity index (χ1n) is 8.33. The average molecular weight is 256 g/mol. The molecule has 0 saturated carbocycles. The Kier molecular flexibility index (Phi) is 16.8. The van der Waals surface area contributed by atoms with Gasteiger partial charge in [-0.25, -0.2) is 0 Å². The van der Waals surface area contributed by atoms with E-state index in [1.165, 1.54) is 90.4 Å². The van der Waals surface area contributed by atoms with Crippen LogP contribution in [0.15, 0.2) is 0 Å². The van der Waals surface area contributed by atoms with Gasteiger partial charge in [0.2, 0.25) is 0 Å². The summed E-state index contributed by atoms with van der Waals surface area (Å²) in [5.41, 5.74) is 0. The molecule has 0 saturated heterocycles. The third-order valence-electron chi connectivity index (χ3n) is 3.31. The van der Waals surface area contributed by atoms with Crippen molar-refractivity contribution in [3.05, 3.63) is 0 Å². The molecule has 0 aliphatic heterocycles. The molecule has 0 heterocycles. The Bertz CT molecular complexity index is 121. The van der Waals surface area contributed by atoms with Crippen LogP contribution in [-0.2, 0) is 0 Å². The first kappa shape index (κ1) is 17.9.